The third-order valence-corrected chi connectivity index (χ3v) is 3.84. The number of H-pyrrole nitrogens is 1. The number of hydrogen-bond acceptors (Lipinski definition) is 5. The second kappa shape index (κ2) is 5.30. The number of imidazole rings is 1. The van der Waals surface area contributed by atoms with E-state index in [1.165, 1.54) is 0 Å². The molecule has 0 spiro atoms. The van der Waals surface area contributed by atoms with Gasteiger partial charge in [-0.3, -0.25) is 0 Å². The molecular formula is C13H11ClN4OS. The monoisotopic (exact) mass is 306 g/mol. The normalized spacial score (nSPS) is 10.9. The number of nitrogens with one attached hydrogen (secondary N) is 1. The van der Waals surface area contributed by atoms with Crippen molar-refractivity contribution in [1.29, 1.82) is 0 Å². The second-order valence-corrected chi connectivity index (χ2v) is 5.20. The highest BCUT2D eigenvalue weighted by Crippen LogP contribution is 2.33. The molecule has 2 aromatic heterocycles. The minimum Gasteiger partial charge on any atom is -0.496 e. The van der Waals surface area contributed by atoms with Crippen LogP contribution in [0.2, 0.25) is 5.28 Å². The molecule has 0 atom stereocenters. The van der Waals surface area contributed by atoms with Crippen LogP contribution in [0.25, 0.3) is 22.4 Å². The third kappa shape index (κ3) is 2.21. The molecule has 0 saturated carbocycles. The lowest BCUT2D eigenvalue weighted by molar-refractivity contribution is 0.405. The van der Waals surface area contributed by atoms with E-state index in [4.69, 9.17) is 16.3 Å². The van der Waals surface area contributed by atoms with Gasteiger partial charge in [0.1, 0.15) is 17.0 Å². The molecule has 0 radical (unpaired) electrons. The number of halogens is 1. The van der Waals surface area contributed by atoms with E-state index in [1.807, 2.05) is 24.5 Å². The molecule has 0 aliphatic carbocycles. The number of ether oxygens (including phenoxy) is 1. The van der Waals surface area contributed by atoms with Gasteiger partial charge in [-0.1, -0.05) is 0 Å². The zero-order valence-corrected chi connectivity index (χ0v) is 12.4. The number of nitrogens with zero attached hydrogens (tertiary/aromatic N) is 3. The first-order chi connectivity index (χ1) is 9.72. The molecule has 0 unspecified atom stereocenters. The minimum absolute atomic E-state index is 0.182. The summed E-state index contributed by atoms with van der Waals surface area (Å²) in [6, 6.07) is 5.87. The summed E-state index contributed by atoms with van der Waals surface area (Å²) < 4.78 is 5.32. The molecular weight excluding hydrogens is 296 g/mol. The molecule has 5 nitrogen and oxygen atoms in total. The zero-order valence-electron chi connectivity index (χ0n) is 10.8. The summed E-state index contributed by atoms with van der Waals surface area (Å²) in [4.78, 5) is 16.6. The Hall–Kier alpha value is -1.79. The predicted octanol–water partition coefficient (Wildman–Crippen LogP) is 3.40. The van der Waals surface area contributed by atoms with Gasteiger partial charge in [-0.05, 0) is 36.1 Å². The Morgan fingerprint density at radius 1 is 1.30 bits per heavy atom. The van der Waals surface area contributed by atoms with E-state index >= 15 is 0 Å². The number of fused-ring (bicyclic) bond motifs is 1. The summed E-state index contributed by atoms with van der Waals surface area (Å²) in [6.45, 7) is 0. The van der Waals surface area contributed by atoms with Crippen molar-refractivity contribution in [1.82, 2.24) is 19.9 Å². The van der Waals surface area contributed by atoms with E-state index in [0.717, 1.165) is 27.4 Å². The fraction of sp³-hybridized carbons (Fsp3) is 0.154. The first-order valence-electron chi connectivity index (χ1n) is 5.82. The van der Waals surface area contributed by atoms with Crippen LogP contribution in [0, 0.1) is 0 Å². The van der Waals surface area contributed by atoms with Gasteiger partial charge < -0.3 is 9.72 Å². The zero-order chi connectivity index (χ0) is 14.1. The summed E-state index contributed by atoms with van der Waals surface area (Å²) in [7, 11) is 1.66. The van der Waals surface area contributed by atoms with Crippen molar-refractivity contribution < 1.29 is 4.74 Å². The number of hydrogen-bond donors (Lipinski definition) is 1. The van der Waals surface area contributed by atoms with Gasteiger partial charge in [0, 0.05) is 10.5 Å². The topological polar surface area (TPSA) is 63.7 Å². The highest BCUT2D eigenvalue weighted by molar-refractivity contribution is 7.98. The van der Waals surface area contributed by atoms with Gasteiger partial charge in [0.15, 0.2) is 5.65 Å². The van der Waals surface area contributed by atoms with Crippen molar-refractivity contribution >= 4 is 34.5 Å². The molecule has 102 valence electrons. The molecule has 3 rings (SSSR count). The van der Waals surface area contributed by atoms with Gasteiger partial charge in [0.05, 0.1) is 13.4 Å². The van der Waals surface area contributed by atoms with Crippen LogP contribution in [0.5, 0.6) is 5.75 Å². The van der Waals surface area contributed by atoms with Crippen LogP contribution in [0.15, 0.2) is 29.4 Å². The SMILES string of the molecule is COc1ccc(-c2nc(Cl)nc3nc[nH]c23)cc1SC. The lowest BCUT2D eigenvalue weighted by Gasteiger charge is -2.09. The van der Waals surface area contributed by atoms with Crippen LogP contribution < -0.4 is 4.74 Å². The largest absolute Gasteiger partial charge is 0.496 e. The molecule has 3 aromatic rings. The van der Waals surface area contributed by atoms with Gasteiger partial charge in [-0.25, -0.2) is 9.97 Å². The highest BCUT2D eigenvalue weighted by Gasteiger charge is 2.13. The highest BCUT2D eigenvalue weighted by atomic mass is 35.5. The smallest absolute Gasteiger partial charge is 0.225 e. The van der Waals surface area contributed by atoms with Gasteiger partial charge >= 0.3 is 0 Å². The van der Waals surface area contributed by atoms with E-state index in [9.17, 15) is 0 Å². The summed E-state index contributed by atoms with van der Waals surface area (Å²) in [5, 5.41) is 0.182. The molecule has 20 heavy (non-hydrogen) atoms. The van der Waals surface area contributed by atoms with Gasteiger partial charge in [0.25, 0.3) is 0 Å². The quantitative estimate of drug-likeness (QED) is 0.593. The Balaban J connectivity index is 2.22. The maximum absolute atomic E-state index is 5.96. The fourth-order valence-electron chi connectivity index (χ4n) is 2.00. The minimum atomic E-state index is 0.182. The van der Waals surface area contributed by atoms with E-state index < -0.39 is 0 Å². The maximum Gasteiger partial charge on any atom is 0.225 e. The Labute approximate surface area is 124 Å². The number of rotatable bonds is 3. The number of thioether (sulfide) groups is 1. The van der Waals surface area contributed by atoms with Gasteiger partial charge in [0.2, 0.25) is 5.28 Å². The lowest BCUT2D eigenvalue weighted by Crippen LogP contribution is -1.92. The number of methoxy groups -OCH3 is 1. The number of aromatic nitrogens is 4. The van der Waals surface area contributed by atoms with Crippen molar-refractivity contribution in [2.75, 3.05) is 13.4 Å². The summed E-state index contributed by atoms with van der Waals surface area (Å²) in [5.41, 5.74) is 3.00. The number of benzene rings is 1. The van der Waals surface area contributed by atoms with Crippen molar-refractivity contribution in [2.24, 2.45) is 0 Å². The summed E-state index contributed by atoms with van der Waals surface area (Å²) >= 11 is 7.57. The van der Waals surface area contributed by atoms with Crippen molar-refractivity contribution in [2.45, 2.75) is 4.90 Å². The van der Waals surface area contributed by atoms with Crippen LogP contribution >= 0.6 is 23.4 Å². The van der Waals surface area contributed by atoms with Crippen LogP contribution in [0.4, 0.5) is 0 Å². The Morgan fingerprint density at radius 3 is 2.90 bits per heavy atom. The van der Waals surface area contributed by atoms with Crippen LogP contribution in [-0.4, -0.2) is 33.3 Å². The molecule has 7 heteroatoms. The van der Waals surface area contributed by atoms with Crippen molar-refractivity contribution in [3.8, 4) is 17.0 Å². The fourth-order valence-corrected chi connectivity index (χ4v) is 2.76. The van der Waals surface area contributed by atoms with Crippen molar-refractivity contribution in [3.63, 3.8) is 0 Å². The summed E-state index contributed by atoms with van der Waals surface area (Å²) in [5.74, 6) is 0.835. The lowest BCUT2D eigenvalue weighted by atomic mass is 10.1. The molecule has 0 aliphatic heterocycles. The van der Waals surface area contributed by atoms with Crippen LogP contribution in [-0.2, 0) is 0 Å². The standard InChI is InChI=1S/C13H11ClN4OS/c1-19-8-4-3-7(5-9(8)20-2)10-11-12(16-6-15-11)18-13(14)17-10/h3-6H,1-2H3,(H,15,16,17,18). The van der Waals surface area contributed by atoms with Gasteiger partial charge in [-0.15, -0.1) is 11.8 Å². The molecule has 0 saturated heterocycles. The predicted molar refractivity (Wildman–Crippen MR) is 80.5 cm³/mol. The first-order valence-corrected chi connectivity index (χ1v) is 7.42. The van der Waals surface area contributed by atoms with E-state index in [0.29, 0.717) is 5.65 Å². The molecule has 1 aromatic carbocycles. The van der Waals surface area contributed by atoms with E-state index in [2.05, 4.69) is 19.9 Å². The second-order valence-electron chi connectivity index (χ2n) is 4.01. The Bertz CT molecular complexity index is 774. The molecule has 0 aliphatic rings. The Kier molecular flexibility index (Phi) is 3.50. The number of aromatic amines is 1. The molecule has 0 fully saturated rings. The average molecular weight is 307 g/mol. The van der Waals surface area contributed by atoms with Crippen LogP contribution in [0.3, 0.4) is 0 Å². The van der Waals surface area contributed by atoms with Crippen molar-refractivity contribution in [3.05, 3.63) is 29.8 Å². The molecule has 2 heterocycles. The van der Waals surface area contributed by atoms with Crippen LogP contribution in [0.1, 0.15) is 0 Å². The Morgan fingerprint density at radius 2 is 2.15 bits per heavy atom. The maximum atomic E-state index is 5.96. The molecule has 0 bridgehead atoms. The first kappa shape index (κ1) is 13.2. The van der Waals surface area contributed by atoms with Gasteiger partial charge in [-0.2, -0.15) is 4.98 Å². The van der Waals surface area contributed by atoms with E-state index in [1.54, 1.807) is 25.2 Å². The molecule has 1 N–H and O–H groups in total. The molecule has 0 amide bonds. The summed E-state index contributed by atoms with van der Waals surface area (Å²) in [6.07, 6.45) is 3.58. The van der Waals surface area contributed by atoms with E-state index in [-0.39, 0.29) is 5.28 Å². The third-order valence-electron chi connectivity index (χ3n) is 2.92. The average Bonchev–Trinajstić information content (AvgIpc) is 2.93.